The van der Waals surface area contributed by atoms with Crippen LogP contribution in [0.15, 0.2) is 16.7 Å². The molecule has 0 spiro atoms. The quantitative estimate of drug-likeness (QED) is 0.888. The van der Waals surface area contributed by atoms with E-state index in [1.165, 1.54) is 0 Å². The van der Waals surface area contributed by atoms with Gasteiger partial charge in [-0.2, -0.15) is 0 Å². The van der Waals surface area contributed by atoms with Gasteiger partial charge in [0.25, 0.3) is 5.91 Å². The second kappa shape index (κ2) is 5.77. The Hall–Kier alpha value is -1.30. The monoisotopic (exact) mass is 328 g/mol. The maximum absolute atomic E-state index is 12.0. The largest absolute Gasteiger partial charge is 0.481 e. The highest BCUT2D eigenvalue weighted by Crippen LogP contribution is 2.31. The van der Waals surface area contributed by atoms with Gasteiger partial charge < -0.3 is 15.0 Å². The van der Waals surface area contributed by atoms with Crippen molar-refractivity contribution in [1.82, 2.24) is 9.88 Å². The molecule has 0 aromatic carbocycles. The number of nitrogens with zero attached hydrogens (tertiary/aromatic N) is 1. The lowest BCUT2D eigenvalue weighted by Crippen LogP contribution is -2.33. The van der Waals surface area contributed by atoms with Crippen LogP contribution < -0.4 is 5.32 Å². The van der Waals surface area contributed by atoms with E-state index < -0.39 is 5.97 Å². The van der Waals surface area contributed by atoms with Crippen molar-refractivity contribution in [3.8, 4) is 0 Å². The van der Waals surface area contributed by atoms with Crippen molar-refractivity contribution in [2.24, 2.45) is 18.9 Å². The van der Waals surface area contributed by atoms with Gasteiger partial charge in [-0.3, -0.25) is 9.59 Å². The summed E-state index contributed by atoms with van der Waals surface area (Å²) in [7, 11) is 1.80. The molecule has 1 amide bonds. The third-order valence-corrected chi connectivity index (χ3v) is 4.14. The Bertz CT molecular complexity index is 498. The number of hydrogen-bond acceptors (Lipinski definition) is 2. The molecule has 2 atom stereocenters. The summed E-state index contributed by atoms with van der Waals surface area (Å²) in [5.74, 6) is -1.19. The zero-order chi connectivity index (χ0) is 14.0. The van der Waals surface area contributed by atoms with Crippen molar-refractivity contribution in [3.05, 3.63) is 22.4 Å². The molecule has 104 valence electrons. The topological polar surface area (TPSA) is 71.3 Å². The Morgan fingerprint density at radius 2 is 2.26 bits per heavy atom. The van der Waals surface area contributed by atoms with E-state index in [2.05, 4.69) is 21.2 Å². The van der Waals surface area contributed by atoms with Crippen molar-refractivity contribution in [3.63, 3.8) is 0 Å². The molecule has 0 radical (unpaired) electrons. The minimum Gasteiger partial charge on any atom is -0.481 e. The number of aryl methyl sites for hydroxylation is 1. The van der Waals surface area contributed by atoms with E-state index in [1.807, 2.05) is 6.20 Å². The zero-order valence-electron chi connectivity index (χ0n) is 10.7. The average Bonchev–Trinajstić information content (AvgIpc) is 2.92. The van der Waals surface area contributed by atoms with E-state index in [-0.39, 0.29) is 17.7 Å². The Kier molecular flexibility index (Phi) is 4.29. The van der Waals surface area contributed by atoms with Gasteiger partial charge in [0.05, 0.1) is 5.92 Å². The van der Waals surface area contributed by atoms with E-state index in [1.54, 1.807) is 17.7 Å². The molecule has 0 aliphatic heterocycles. The van der Waals surface area contributed by atoms with Gasteiger partial charge in [0, 0.05) is 24.3 Å². The van der Waals surface area contributed by atoms with Gasteiger partial charge in [0.2, 0.25) is 0 Å². The molecule has 19 heavy (non-hydrogen) atoms. The molecule has 0 saturated heterocycles. The van der Waals surface area contributed by atoms with Crippen molar-refractivity contribution in [2.45, 2.75) is 19.3 Å². The minimum atomic E-state index is -0.752. The minimum absolute atomic E-state index is 0.0464. The summed E-state index contributed by atoms with van der Waals surface area (Å²) in [5.41, 5.74) is 0.566. The first kappa shape index (κ1) is 14.1. The molecule has 1 heterocycles. The van der Waals surface area contributed by atoms with E-state index in [0.717, 1.165) is 17.3 Å². The van der Waals surface area contributed by atoms with Gasteiger partial charge >= 0.3 is 5.97 Å². The molecule has 2 unspecified atom stereocenters. The molecule has 1 saturated carbocycles. The van der Waals surface area contributed by atoms with Crippen molar-refractivity contribution in [1.29, 1.82) is 0 Å². The fourth-order valence-electron chi connectivity index (χ4n) is 2.67. The summed E-state index contributed by atoms with van der Waals surface area (Å²) >= 11 is 3.32. The third-order valence-electron chi connectivity index (χ3n) is 3.71. The lowest BCUT2D eigenvalue weighted by atomic mass is 9.96. The van der Waals surface area contributed by atoms with Gasteiger partial charge in [-0.15, -0.1) is 0 Å². The number of aliphatic carboxylic acids is 1. The number of halogens is 1. The summed E-state index contributed by atoms with van der Waals surface area (Å²) < 4.78 is 2.59. The number of amides is 1. The predicted molar refractivity (Wildman–Crippen MR) is 73.9 cm³/mol. The Morgan fingerprint density at radius 3 is 2.84 bits per heavy atom. The number of rotatable bonds is 4. The number of aromatic nitrogens is 1. The van der Waals surface area contributed by atoms with E-state index in [4.69, 9.17) is 5.11 Å². The smallest absolute Gasteiger partial charge is 0.306 e. The van der Waals surface area contributed by atoms with Gasteiger partial charge in [-0.05, 0) is 40.8 Å². The van der Waals surface area contributed by atoms with Gasteiger partial charge in [-0.25, -0.2) is 0 Å². The molecule has 1 fully saturated rings. The van der Waals surface area contributed by atoms with Crippen LogP contribution in [-0.2, 0) is 11.8 Å². The number of carboxylic acids is 1. The maximum atomic E-state index is 12.0. The Labute approximate surface area is 120 Å². The van der Waals surface area contributed by atoms with Crippen LogP contribution in [-0.4, -0.2) is 28.1 Å². The molecule has 5 nitrogen and oxygen atoms in total. The lowest BCUT2D eigenvalue weighted by molar-refractivity contribution is -0.142. The van der Waals surface area contributed by atoms with Crippen LogP contribution >= 0.6 is 15.9 Å². The number of carbonyl (C=O) groups excluding carboxylic acids is 1. The van der Waals surface area contributed by atoms with E-state index in [9.17, 15) is 9.59 Å². The molecule has 2 N–H and O–H groups in total. The molecule has 1 aliphatic carbocycles. The maximum Gasteiger partial charge on any atom is 0.306 e. The Morgan fingerprint density at radius 1 is 1.53 bits per heavy atom. The highest BCUT2D eigenvalue weighted by Gasteiger charge is 2.33. The zero-order valence-corrected chi connectivity index (χ0v) is 12.3. The second-order valence-corrected chi connectivity index (χ2v) is 5.92. The van der Waals surface area contributed by atoms with Crippen LogP contribution in [0.2, 0.25) is 0 Å². The van der Waals surface area contributed by atoms with Crippen LogP contribution in [0, 0.1) is 11.8 Å². The SMILES string of the molecule is Cn1cc(Br)cc1C(=O)NCC1CCCC1C(=O)O. The van der Waals surface area contributed by atoms with Gasteiger partial charge in [0.1, 0.15) is 5.69 Å². The van der Waals surface area contributed by atoms with E-state index in [0.29, 0.717) is 18.7 Å². The molecular formula is C13H17BrN2O3. The van der Waals surface area contributed by atoms with Crippen molar-refractivity contribution < 1.29 is 14.7 Å². The summed E-state index contributed by atoms with van der Waals surface area (Å²) in [6.07, 6.45) is 4.32. The van der Waals surface area contributed by atoms with Crippen molar-refractivity contribution in [2.75, 3.05) is 6.54 Å². The number of hydrogen-bond donors (Lipinski definition) is 2. The van der Waals surface area contributed by atoms with Crippen LogP contribution in [0.4, 0.5) is 0 Å². The average molecular weight is 329 g/mol. The molecule has 2 rings (SSSR count). The summed E-state index contributed by atoms with van der Waals surface area (Å²) in [6.45, 7) is 0.429. The molecule has 1 aromatic heterocycles. The molecule has 6 heteroatoms. The fourth-order valence-corrected chi connectivity index (χ4v) is 3.19. The second-order valence-electron chi connectivity index (χ2n) is 5.00. The first-order valence-corrected chi connectivity index (χ1v) is 7.11. The number of carbonyl (C=O) groups is 2. The van der Waals surface area contributed by atoms with Gasteiger partial charge in [-0.1, -0.05) is 6.42 Å². The first-order chi connectivity index (χ1) is 8.99. The van der Waals surface area contributed by atoms with Crippen LogP contribution in [0.25, 0.3) is 0 Å². The lowest BCUT2D eigenvalue weighted by Gasteiger charge is -2.16. The Balaban J connectivity index is 1.94. The van der Waals surface area contributed by atoms with Crippen LogP contribution in [0.3, 0.4) is 0 Å². The van der Waals surface area contributed by atoms with E-state index >= 15 is 0 Å². The standard InChI is InChI=1S/C13H17BrN2O3/c1-16-7-9(14)5-11(16)12(17)15-6-8-3-2-4-10(8)13(18)19/h5,7-8,10H,2-4,6H2,1H3,(H,15,17)(H,18,19). The molecule has 1 aliphatic rings. The summed E-state index contributed by atoms with van der Waals surface area (Å²) in [4.78, 5) is 23.1. The number of carboxylic acid groups (broad SMARTS) is 1. The molecular weight excluding hydrogens is 312 g/mol. The highest BCUT2D eigenvalue weighted by molar-refractivity contribution is 9.10. The third kappa shape index (κ3) is 3.18. The molecule has 0 bridgehead atoms. The predicted octanol–water partition coefficient (Wildman–Crippen LogP) is 2.02. The summed E-state index contributed by atoms with van der Waals surface area (Å²) in [6, 6.07) is 1.75. The highest BCUT2D eigenvalue weighted by atomic mass is 79.9. The van der Waals surface area contributed by atoms with Crippen molar-refractivity contribution >= 4 is 27.8 Å². The summed E-state index contributed by atoms with van der Waals surface area (Å²) in [5, 5.41) is 11.9. The fraction of sp³-hybridized carbons (Fsp3) is 0.538. The normalized spacial score (nSPS) is 22.4. The molecule has 1 aromatic rings. The van der Waals surface area contributed by atoms with Gasteiger partial charge in [0.15, 0.2) is 0 Å². The number of nitrogens with one attached hydrogen (secondary N) is 1. The first-order valence-electron chi connectivity index (χ1n) is 6.32. The van der Waals surface area contributed by atoms with Crippen LogP contribution in [0.1, 0.15) is 29.8 Å². The van der Waals surface area contributed by atoms with Crippen LogP contribution in [0.5, 0.6) is 0 Å².